The zero-order chi connectivity index (χ0) is 19.7. The van der Waals surface area contributed by atoms with Crippen LogP contribution in [0.1, 0.15) is 12.7 Å². The SMILES string of the molecule is [B]c1cnc2nc(C3=C=C=CC(OCC)=N3)n(-c3c(O)cccc3OC)c2c1. The molecule has 0 saturated heterocycles. The Morgan fingerprint density at radius 3 is 2.96 bits per heavy atom. The predicted octanol–water partition coefficient (Wildman–Crippen LogP) is 2.03. The third-order valence-electron chi connectivity index (χ3n) is 4.07. The summed E-state index contributed by atoms with van der Waals surface area (Å²) in [6.45, 7) is 2.33. The largest absolute Gasteiger partial charge is 0.506 e. The van der Waals surface area contributed by atoms with E-state index in [2.05, 4.69) is 26.4 Å². The highest BCUT2D eigenvalue weighted by atomic mass is 16.5. The van der Waals surface area contributed by atoms with Crippen molar-refractivity contribution in [1.82, 2.24) is 14.5 Å². The van der Waals surface area contributed by atoms with Crippen molar-refractivity contribution in [3.8, 4) is 17.2 Å². The van der Waals surface area contributed by atoms with Gasteiger partial charge in [0.1, 0.15) is 25.0 Å². The number of hydrogen-bond donors (Lipinski definition) is 1. The van der Waals surface area contributed by atoms with Crippen molar-refractivity contribution in [2.75, 3.05) is 13.7 Å². The number of aromatic hydroxyl groups is 1. The van der Waals surface area contributed by atoms with Crippen LogP contribution in [-0.2, 0) is 4.74 Å². The molecule has 0 bridgehead atoms. The van der Waals surface area contributed by atoms with Gasteiger partial charge in [0.2, 0.25) is 5.90 Å². The maximum absolute atomic E-state index is 10.6. The van der Waals surface area contributed by atoms with E-state index in [1.165, 1.54) is 13.3 Å². The smallest absolute Gasteiger partial charge is 0.223 e. The summed E-state index contributed by atoms with van der Waals surface area (Å²) in [5.74, 6) is 1.25. The number of hydrogen-bond acceptors (Lipinski definition) is 6. The number of para-hydroxylation sites is 1. The Bertz CT molecular complexity index is 1220. The number of aliphatic imine (C=N–C) groups is 1. The summed E-state index contributed by atoms with van der Waals surface area (Å²) in [5, 5.41) is 10.6. The molecule has 0 saturated carbocycles. The van der Waals surface area contributed by atoms with E-state index >= 15 is 0 Å². The van der Waals surface area contributed by atoms with Gasteiger partial charge in [-0.15, -0.1) is 0 Å². The lowest BCUT2D eigenvalue weighted by atomic mass is 9.99. The van der Waals surface area contributed by atoms with Crippen molar-refractivity contribution in [2.24, 2.45) is 4.99 Å². The van der Waals surface area contributed by atoms with E-state index < -0.39 is 0 Å². The number of rotatable bonds is 4. The van der Waals surface area contributed by atoms with Crippen LogP contribution in [0, 0.1) is 0 Å². The standard InChI is InChI=1S/C20H15BN4O3/c1-3-28-17-9-4-6-13(23-17)20-24-19-14(10-12(21)11-22-19)25(20)18-15(26)7-5-8-16(18)27-2/h5,7-11,26H,3H2,1-2H3. The fourth-order valence-corrected chi connectivity index (χ4v) is 2.93. The van der Waals surface area contributed by atoms with Crippen LogP contribution < -0.4 is 10.2 Å². The predicted molar refractivity (Wildman–Crippen MR) is 107 cm³/mol. The number of fused-ring (bicyclic) bond motifs is 1. The van der Waals surface area contributed by atoms with Crippen LogP contribution in [0.5, 0.6) is 11.5 Å². The number of imidazole rings is 1. The first-order valence-electron chi connectivity index (χ1n) is 8.56. The third-order valence-corrected chi connectivity index (χ3v) is 4.07. The highest BCUT2D eigenvalue weighted by Gasteiger charge is 2.23. The monoisotopic (exact) mass is 370 g/mol. The van der Waals surface area contributed by atoms with Crippen molar-refractivity contribution in [2.45, 2.75) is 6.92 Å². The van der Waals surface area contributed by atoms with Gasteiger partial charge in [-0.05, 0) is 30.9 Å². The van der Waals surface area contributed by atoms with Gasteiger partial charge in [-0.2, -0.15) is 0 Å². The molecule has 7 nitrogen and oxygen atoms in total. The molecule has 3 heterocycles. The lowest BCUT2D eigenvalue weighted by Crippen LogP contribution is -2.08. The van der Waals surface area contributed by atoms with Crippen LogP contribution in [0.4, 0.5) is 0 Å². The molecule has 0 spiro atoms. The topological polar surface area (TPSA) is 81.8 Å². The Labute approximate surface area is 162 Å². The third kappa shape index (κ3) is 2.97. The first-order valence-corrected chi connectivity index (χ1v) is 8.56. The van der Waals surface area contributed by atoms with Gasteiger partial charge >= 0.3 is 0 Å². The van der Waals surface area contributed by atoms with E-state index in [0.29, 0.717) is 52.1 Å². The zero-order valence-electron chi connectivity index (χ0n) is 15.3. The van der Waals surface area contributed by atoms with Crippen molar-refractivity contribution < 1.29 is 14.6 Å². The van der Waals surface area contributed by atoms with Gasteiger partial charge in [-0.3, -0.25) is 4.57 Å². The summed E-state index contributed by atoms with van der Waals surface area (Å²) in [7, 11) is 7.47. The molecule has 28 heavy (non-hydrogen) atoms. The van der Waals surface area contributed by atoms with Gasteiger partial charge < -0.3 is 14.6 Å². The minimum Gasteiger partial charge on any atom is -0.506 e. The van der Waals surface area contributed by atoms with Crippen LogP contribution >= 0.6 is 0 Å². The van der Waals surface area contributed by atoms with Gasteiger partial charge in [-0.1, -0.05) is 17.3 Å². The lowest BCUT2D eigenvalue weighted by molar-refractivity contribution is 0.330. The Balaban J connectivity index is 2.06. The summed E-state index contributed by atoms with van der Waals surface area (Å²) < 4.78 is 12.6. The lowest BCUT2D eigenvalue weighted by Gasteiger charge is -2.15. The molecule has 0 aliphatic carbocycles. The van der Waals surface area contributed by atoms with Crippen LogP contribution in [0.2, 0.25) is 0 Å². The molecule has 1 aromatic carbocycles. The van der Waals surface area contributed by atoms with E-state index in [4.69, 9.17) is 17.3 Å². The van der Waals surface area contributed by atoms with Crippen LogP contribution in [0.25, 0.3) is 22.5 Å². The summed E-state index contributed by atoms with van der Waals surface area (Å²) in [6, 6.07) is 6.72. The number of aromatic nitrogens is 3. The van der Waals surface area contributed by atoms with Crippen molar-refractivity contribution >= 4 is 36.1 Å². The zero-order valence-corrected chi connectivity index (χ0v) is 15.3. The van der Waals surface area contributed by atoms with E-state index in [1.54, 1.807) is 34.9 Å². The highest BCUT2D eigenvalue weighted by molar-refractivity contribution is 6.32. The molecule has 0 fully saturated rings. The summed E-state index contributed by atoms with van der Waals surface area (Å²) >= 11 is 0. The fraction of sp³-hybridized carbons (Fsp3) is 0.150. The molecular formula is C20H15BN4O3. The molecule has 2 aromatic heterocycles. The second kappa shape index (κ2) is 7.12. The van der Waals surface area contributed by atoms with Gasteiger partial charge in [-0.25, -0.2) is 15.0 Å². The van der Waals surface area contributed by atoms with Crippen LogP contribution in [0.3, 0.4) is 0 Å². The van der Waals surface area contributed by atoms with Crippen molar-refractivity contribution in [1.29, 1.82) is 0 Å². The van der Waals surface area contributed by atoms with E-state index in [-0.39, 0.29) is 5.75 Å². The summed E-state index contributed by atoms with van der Waals surface area (Å²) in [6.07, 6.45) is 3.11. The highest BCUT2D eigenvalue weighted by Crippen LogP contribution is 2.36. The maximum atomic E-state index is 10.6. The van der Waals surface area contributed by atoms with E-state index in [0.717, 1.165) is 0 Å². The molecule has 136 valence electrons. The molecular weight excluding hydrogens is 355 g/mol. The number of nitrogens with zero attached hydrogens (tertiary/aromatic N) is 4. The molecule has 3 aromatic rings. The average molecular weight is 370 g/mol. The second-order valence-electron chi connectivity index (χ2n) is 5.86. The molecule has 1 aliphatic heterocycles. The molecule has 0 amide bonds. The molecule has 0 unspecified atom stereocenters. The number of methoxy groups -OCH3 is 1. The van der Waals surface area contributed by atoms with E-state index in [1.807, 2.05) is 6.92 Å². The summed E-state index contributed by atoms with van der Waals surface area (Å²) in [5.41, 5.74) is 8.09. The molecule has 1 aliphatic rings. The average Bonchev–Trinajstić information content (AvgIpc) is 3.06. The fourth-order valence-electron chi connectivity index (χ4n) is 2.93. The number of benzene rings is 1. The Morgan fingerprint density at radius 2 is 2.18 bits per heavy atom. The molecule has 2 radical (unpaired) electrons. The Morgan fingerprint density at radius 1 is 1.32 bits per heavy atom. The van der Waals surface area contributed by atoms with Crippen molar-refractivity contribution in [3.63, 3.8) is 0 Å². The molecule has 8 heteroatoms. The number of phenolic OH excluding ortho intramolecular Hbond substituents is 1. The second-order valence-corrected chi connectivity index (χ2v) is 5.86. The molecule has 1 N–H and O–H groups in total. The van der Waals surface area contributed by atoms with Gasteiger partial charge in [0.15, 0.2) is 17.2 Å². The maximum Gasteiger partial charge on any atom is 0.223 e. The number of pyridine rings is 1. The first-order chi connectivity index (χ1) is 13.6. The molecule has 0 atom stereocenters. The number of ether oxygens (including phenoxy) is 2. The van der Waals surface area contributed by atoms with Crippen LogP contribution in [0.15, 0.2) is 53.0 Å². The number of phenols is 1. The van der Waals surface area contributed by atoms with Crippen LogP contribution in [-0.4, -0.2) is 47.1 Å². The summed E-state index contributed by atoms with van der Waals surface area (Å²) in [4.78, 5) is 13.3. The van der Waals surface area contributed by atoms with Gasteiger partial charge in [0.05, 0.1) is 25.3 Å². The normalized spacial score (nSPS) is 12.8. The quantitative estimate of drug-likeness (QED) is 0.562. The minimum absolute atomic E-state index is 0.00673. The molecule has 4 rings (SSSR count). The van der Waals surface area contributed by atoms with E-state index in [9.17, 15) is 5.11 Å². The Hall–Kier alpha value is -3.73. The first kappa shape index (κ1) is 17.7. The van der Waals surface area contributed by atoms with Crippen molar-refractivity contribution in [3.05, 3.63) is 53.8 Å². The Kier molecular flexibility index (Phi) is 4.49. The van der Waals surface area contributed by atoms with Gasteiger partial charge in [0.25, 0.3) is 0 Å². The minimum atomic E-state index is 0.00673. The van der Waals surface area contributed by atoms with Gasteiger partial charge in [0, 0.05) is 6.20 Å².